The maximum Gasteiger partial charge on any atom is 0.258 e. The van der Waals surface area contributed by atoms with Crippen molar-refractivity contribution in [3.63, 3.8) is 0 Å². The van der Waals surface area contributed by atoms with Crippen molar-refractivity contribution in [2.75, 3.05) is 23.7 Å². The van der Waals surface area contributed by atoms with Gasteiger partial charge in [-0.15, -0.1) is 0 Å². The van der Waals surface area contributed by atoms with E-state index in [1.807, 2.05) is 0 Å². The molecule has 5 N–H and O–H groups in total. The lowest BCUT2D eigenvalue weighted by Crippen LogP contribution is -2.45. The molecule has 1 fully saturated rings. The van der Waals surface area contributed by atoms with Crippen LogP contribution < -0.4 is 16.0 Å². The Bertz CT molecular complexity index is 1440. The maximum atomic E-state index is 13.2. The first-order valence-corrected chi connectivity index (χ1v) is 14.4. The third kappa shape index (κ3) is 6.78. The molecule has 1 saturated heterocycles. The number of piperidine rings is 1. The van der Waals surface area contributed by atoms with Crippen LogP contribution in [0.15, 0.2) is 53.6 Å². The Labute approximate surface area is 235 Å². The van der Waals surface area contributed by atoms with Crippen LogP contribution in [0, 0.1) is 0 Å². The highest BCUT2D eigenvalue weighted by Gasteiger charge is 2.31. The first-order chi connectivity index (χ1) is 18.6. The smallest absolute Gasteiger partial charge is 0.258 e. The number of carbonyl (C=O) groups excluding carboxylic acids is 2. The molecule has 2 amide bonds. The summed E-state index contributed by atoms with van der Waals surface area (Å²) in [5, 5.41) is 26.2. The number of nitrogens with one attached hydrogen (secondary N) is 4. The van der Waals surface area contributed by atoms with Crippen LogP contribution >= 0.6 is 23.2 Å². The molecule has 1 aliphatic heterocycles. The number of hydrogen-bond acceptors (Lipinski definition) is 7. The standard InChI is InChI=1S/C25H28Cl2N6O5S/c1-2-21(34)29-16-5-3-6-17(13-16)39(37,38)33-11-9-15(10-12-33)30-25(36)23-20(14-28-32-23)31-24(35)22-18(26)7-4-8-19(22)27/h3-8,13-15,25,30,36H,2,9-12H2,1H3,(H,28,32)(H,29,34)(H,31,35). The van der Waals surface area contributed by atoms with Crippen molar-refractivity contribution in [1.29, 1.82) is 0 Å². The molecule has 14 heteroatoms. The summed E-state index contributed by atoms with van der Waals surface area (Å²) in [7, 11) is -3.77. The molecule has 208 valence electrons. The Morgan fingerprint density at radius 2 is 1.79 bits per heavy atom. The minimum atomic E-state index is -3.77. The molecule has 3 aromatic rings. The van der Waals surface area contributed by atoms with Crippen LogP contribution in [0.5, 0.6) is 0 Å². The van der Waals surface area contributed by atoms with E-state index in [1.54, 1.807) is 37.3 Å². The van der Waals surface area contributed by atoms with Gasteiger partial charge in [-0.2, -0.15) is 9.40 Å². The average Bonchev–Trinajstić information content (AvgIpc) is 3.37. The molecular weight excluding hydrogens is 567 g/mol. The van der Waals surface area contributed by atoms with E-state index in [4.69, 9.17) is 23.2 Å². The number of halogens is 2. The summed E-state index contributed by atoms with van der Waals surface area (Å²) in [6.07, 6.45) is 1.30. The number of carbonyl (C=O) groups is 2. The zero-order valence-corrected chi connectivity index (χ0v) is 23.3. The summed E-state index contributed by atoms with van der Waals surface area (Å²) in [5.41, 5.74) is 0.989. The van der Waals surface area contributed by atoms with Crippen molar-refractivity contribution in [2.24, 2.45) is 0 Å². The Balaban J connectivity index is 1.36. The van der Waals surface area contributed by atoms with Crippen LogP contribution in [0.2, 0.25) is 10.0 Å². The van der Waals surface area contributed by atoms with Crippen LogP contribution in [-0.2, 0) is 14.8 Å². The van der Waals surface area contributed by atoms with Crippen molar-refractivity contribution < 1.29 is 23.1 Å². The Hall–Kier alpha value is -3.00. The van der Waals surface area contributed by atoms with Gasteiger partial charge in [0, 0.05) is 31.2 Å². The maximum absolute atomic E-state index is 13.2. The molecule has 1 atom stereocenters. The highest BCUT2D eigenvalue weighted by atomic mass is 35.5. The topological polar surface area (TPSA) is 157 Å². The number of amides is 2. The molecule has 39 heavy (non-hydrogen) atoms. The van der Waals surface area contributed by atoms with Crippen molar-refractivity contribution in [3.8, 4) is 0 Å². The quantitative estimate of drug-likeness (QED) is 0.236. The molecule has 1 unspecified atom stereocenters. The number of rotatable bonds is 9. The van der Waals surface area contributed by atoms with Gasteiger partial charge in [0.25, 0.3) is 5.91 Å². The SMILES string of the molecule is CCC(=O)Nc1cccc(S(=O)(=O)N2CCC(NC(O)c3[nH]ncc3NC(=O)c3c(Cl)cccc3Cl)CC2)c1. The van der Waals surface area contributed by atoms with Gasteiger partial charge in [-0.05, 0) is 43.2 Å². The van der Waals surface area contributed by atoms with Crippen molar-refractivity contribution in [3.05, 3.63) is 70.0 Å². The Morgan fingerprint density at radius 3 is 2.46 bits per heavy atom. The molecule has 0 spiro atoms. The fraction of sp³-hybridized carbons (Fsp3) is 0.320. The molecule has 2 heterocycles. The summed E-state index contributed by atoms with van der Waals surface area (Å²) >= 11 is 12.2. The number of aliphatic hydroxyl groups is 1. The fourth-order valence-electron chi connectivity index (χ4n) is 4.21. The van der Waals surface area contributed by atoms with Crippen LogP contribution in [0.4, 0.5) is 11.4 Å². The lowest BCUT2D eigenvalue weighted by molar-refractivity contribution is -0.115. The Kier molecular flexibility index (Phi) is 9.26. The minimum absolute atomic E-state index is 0.0966. The van der Waals surface area contributed by atoms with Gasteiger partial charge < -0.3 is 15.7 Å². The van der Waals surface area contributed by atoms with Crippen LogP contribution in [0.3, 0.4) is 0 Å². The number of hydrogen-bond donors (Lipinski definition) is 5. The van der Waals surface area contributed by atoms with E-state index in [1.165, 1.54) is 22.6 Å². The molecule has 4 rings (SSSR count). The Morgan fingerprint density at radius 1 is 1.13 bits per heavy atom. The van der Waals surface area contributed by atoms with E-state index in [2.05, 4.69) is 26.1 Å². The predicted octanol–water partition coefficient (Wildman–Crippen LogP) is 3.75. The molecule has 0 aliphatic carbocycles. The number of benzene rings is 2. The molecule has 0 saturated carbocycles. The molecule has 2 aromatic carbocycles. The summed E-state index contributed by atoms with van der Waals surface area (Å²) in [6.45, 7) is 2.18. The van der Waals surface area contributed by atoms with E-state index >= 15 is 0 Å². The first-order valence-electron chi connectivity index (χ1n) is 12.2. The van der Waals surface area contributed by atoms with Gasteiger partial charge in [-0.3, -0.25) is 20.0 Å². The monoisotopic (exact) mass is 594 g/mol. The lowest BCUT2D eigenvalue weighted by atomic mass is 10.1. The number of sulfonamides is 1. The van der Waals surface area contributed by atoms with Gasteiger partial charge in [0.05, 0.1) is 32.4 Å². The normalized spacial score (nSPS) is 15.6. The largest absolute Gasteiger partial charge is 0.373 e. The van der Waals surface area contributed by atoms with Gasteiger partial charge in [0.1, 0.15) is 11.9 Å². The van der Waals surface area contributed by atoms with Gasteiger partial charge in [0.2, 0.25) is 15.9 Å². The second-order valence-corrected chi connectivity index (χ2v) is 11.7. The van der Waals surface area contributed by atoms with E-state index in [0.717, 1.165) is 0 Å². The van der Waals surface area contributed by atoms with E-state index in [-0.39, 0.29) is 63.3 Å². The highest BCUT2D eigenvalue weighted by Crippen LogP contribution is 2.28. The minimum Gasteiger partial charge on any atom is -0.373 e. The van der Waals surface area contributed by atoms with Crippen molar-refractivity contribution >= 4 is 56.4 Å². The van der Waals surface area contributed by atoms with Gasteiger partial charge in [-0.1, -0.05) is 42.3 Å². The van der Waals surface area contributed by atoms with Crippen LogP contribution in [-0.4, -0.2) is 59.0 Å². The summed E-state index contributed by atoms with van der Waals surface area (Å²) in [4.78, 5) is 24.5. The zero-order chi connectivity index (χ0) is 28.2. The summed E-state index contributed by atoms with van der Waals surface area (Å²) < 4.78 is 27.8. The van der Waals surface area contributed by atoms with Crippen LogP contribution in [0.1, 0.15) is 48.5 Å². The van der Waals surface area contributed by atoms with Gasteiger partial charge in [0.15, 0.2) is 0 Å². The molecule has 1 aliphatic rings. The number of aromatic amines is 1. The predicted molar refractivity (Wildman–Crippen MR) is 148 cm³/mol. The zero-order valence-electron chi connectivity index (χ0n) is 20.9. The first kappa shape index (κ1) is 29.0. The fourth-order valence-corrected chi connectivity index (χ4v) is 6.29. The van der Waals surface area contributed by atoms with Crippen LogP contribution in [0.25, 0.3) is 0 Å². The average molecular weight is 596 g/mol. The molecule has 0 radical (unpaired) electrons. The summed E-state index contributed by atoms with van der Waals surface area (Å²) in [5.74, 6) is -0.764. The second-order valence-electron chi connectivity index (χ2n) is 8.93. The number of aromatic nitrogens is 2. The molecule has 11 nitrogen and oxygen atoms in total. The number of nitrogens with zero attached hydrogens (tertiary/aromatic N) is 2. The van der Waals surface area contributed by atoms with Gasteiger partial charge >= 0.3 is 0 Å². The third-order valence-electron chi connectivity index (χ3n) is 6.30. The van der Waals surface area contributed by atoms with Gasteiger partial charge in [-0.25, -0.2) is 8.42 Å². The van der Waals surface area contributed by atoms with E-state index < -0.39 is 22.2 Å². The van der Waals surface area contributed by atoms with Crippen molar-refractivity contribution in [1.82, 2.24) is 19.8 Å². The highest BCUT2D eigenvalue weighted by molar-refractivity contribution is 7.89. The summed E-state index contributed by atoms with van der Waals surface area (Å²) in [6, 6.07) is 10.7. The lowest BCUT2D eigenvalue weighted by Gasteiger charge is -2.33. The molecule has 0 bridgehead atoms. The van der Waals surface area contributed by atoms with E-state index in [0.29, 0.717) is 18.5 Å². The number of H-pyrrole nitrogens is 1. The third-order valence-corrected chi connectivity index (χ3v) is 8.83. The van der Waals surface area contributed by atoms with Crippen molar-refractivity contribution in [2.45, 2.75) is 43.4 Å². The van der Waals surface area contributed by atoms with E-state index in [9.17, 15) is 23.1 Å². The molecular formula is C25H28Cl2N6O5S. The second kappa shape index (κ2) is 12.5. The molecule has 1 aromatic heterocycles. The number of anilines is 2. The number of aliphatic hydroxyl groups excluding tert-OH is 1.